The number of azo groups is 2. The number of aliphatic hydroxyl groups excluding tert-OH is 1. The number of anilines is 1. The standard InChI is InChI=1S/C24H25N5O6S.Na/c1-3-20(31)15-35-21-10-7-17(8-11-21)26-27-19-9-12-23(24(14-19)25-16(2)30)29-28-18-5-4-6-22(13-18)36(32,33)34;/h4-14,20,31H,3,15H2,1-2H3,(H,25,30)(H,32,33,34);. The van der Waals surface area contributed by atoms with Crippen molar-refractivity contribution in [2.45, 2.75) is 31.3 Å². The Kier molecular flexibility index (Phi) is 11.5. The second kappa shape index (κ2) is 14.1. The Morgan fingerprint density at radius 2 is 1.57 bits per heavy atom. The molecule has 0 saturated heterocycles. The molecule has 1 unspecified atom stereocenters. The smallest absolute Gasteiger partial charge is 0.294 e. The fourth-order valence-electron chi connectivity index (χ4n) is 2.82. The summed E-state index contributed by atoms with van der Waals surface area (Å²) in [6, 6.07) is 17.0. The van der Waals surface area contributed by atoms with E-state index in [0.29, 0.717) is 34.9 Å². The Morgan fingerprint density at radius 1 is 0.946 bits per heavy atom. The fraction of sp³-hybridized carbons (Fsp3) is 0.208. The molecule has 0 fully saturated rings. The van der Waals surface area contributed by atoms with Gasteiger partial charge < -0.3 is 15.2 Å². The number of aliphatic hydroxyl groups is 1. The zero-order valence-electron chi connectivity index (χ0n) is 20.6. The third-order valence-electron chi connectivity index (χ3n) is 4.71. The first-order chi connectivity index (χ1) is 17.1. The van der Waals surface area contributed by atoms with Gasteiger partial charge in [-0.15, -0.1) is 5.11 Å². The van der Waals surface area contributed by atoms with Crippen LogP contribution >= 0.6 is 0 Å². The molecule has 0 spiro atoms. The van der Waals surface area contributed by atoms with Crippen LogP contribution in [-0.2, 0) is 14.9 Å². The van der Waals surface area contributed by atoms with Gasteiger partial charge in [-0.05, 0) is 67.1 Å². The molecule has 11 nitrogen and oxygen atoms in total. The molecule has 1 amide bonds. The normalized spacial score (nSPS) is 12.3. The molecule has 0 aliphatic carbocycles. The Balaban J connectivity index is 0.00000481. The first-order valence-corrected chi connectivity index (χ1v) is 12.3. The van der Waals surface area contributed by atoms with Crippen molar-refractivity contribution in [3.8, 4) is 5.75 Å². The van der Waals surface area contributed by atoms with Crippen molar-refractivity contribution in [1.29, 1.82) is 0 Å². The van der Waals surface area contributed by atoms with Crippen molar-refractivity contribution in [3.05, 3.63) is 66.7 Å². The van der Waals surface area contributed by atoms with Crippen LogP contribution in [0.3, 0.4) is 0 Å². The molecule has 3 aromatic carbocycles. The van der Waals surface area contributed by atoms with Crippen LogP contribution in [0.25, 0.3) is 0 Å². The Bertz CT molecular complexity index is 1380. The van der Waals surface area contributed by atoms with E-state index in [1.165, 1.54) is 31.2 Å². The van der Waals surface area contributed by atoms with Crippen LogP contribution in [0, 0.1) is 0 Å². The van der Waals surface area contributed by atoms with Crippen LogP contribution in [0.15, 0.2) is 92.1 Å². The van der Waals surface area contributed by atoms with Crippen LogP contribution < -0.4 is 10.1 Å². The van der Waals surface area contributed by atoms with Crippen LogP contribution in [0.2, 0.25) is 0 Å². The molecule has 0 saturated carbocycles. The molecule has 0 bridgehead atoms. The minimum absolute atomic E-state index is 0. The number of benzene rings is 3. The van der Waals surface area contributed by atoms with E-state index in [1.54, 1.807) is 42.5 Å². The quantitative estimate of drug-likeness (QED) is 0.177. The molecule has 13 heteroatoms. The van der Waals surface area contributed by atoms with Gasteiger partial charge >= 0.3 is 0 Å². The Labute approximate surface area is 236 Å². The van der Waals surface area contributed by atoms with E-state index in [0.717, 1.165) is 0 Å². The number of carbonyl (C=O) groups excluding carboxylic acids is 1. The molecule has 3 N–H and O–H groups in total. The molecule has 1 atom stereocenters. The molecule has 0 heterocycles. The van der Waals surface area contributed by atoms with E-state index in [9.17, 15) is 22.9 Å². The van der Waals surface area contributed by atoms with Gasteiger partial charge in [0.25, 0.3) is 10.1 Å². The fourth-order valence-corrected chi connectivity index (χ4v) is 3.34. The van der Waals surface area contributed by atoms with Crippen LogP contribution in [-0.4, -0.2) is 66.3 Å². The van der Waals surface area contributed by atoms with Crippen LogP contribution in [0.5, 0.6) is 5.75 Å². The van der Waals surface area contributed by atoms with Gasteiger partial charge in [0.1, 0.15) is 18.0 Å². The van der Waals surface area contributed by atoms with Crippen molar-refractivity contribution in [2.75, 3.05) is 11.9 Å². The number of hydrogen-bond donors (Lipinski definition) is 3. The largest absolute Gasteiger partial charge is 0.491 e. The zero-order valence-corrected chi connectivity index (χ0v) is 23.4. The number of nitrogens with zero attached hydrogens (tertiary/aromatic N) is 4. The van der Waals surface area contributed by atoms with Gasteiger partial charge in [0.05, 0.1) is 33.7 Å². The summed E-state index contributed by atoms with van der Waals surface area (Å²) in [6.07, 6.45) is 0.0836. The molecule has 37 heavy (non-hydrogen) atoms. The maximum Gasteiger partial charge on any atom is 0.294 e. The summed E-state index contributed by atoms with van der Waals surface area (Å²) in [7, 11) is -4.38. The van der Waals surface area contributed by atoms with Crippen molar-refractivity contribution in [1.82, 2.24) is 0 Å². The molecule has 3 aromatic rings. The van der Waals surface area contributed by atoms with Gasteiger partial charge in [-0.1, -0.05) is 13.0 Å². The van der Waals surface area contributed by atoms with Crippen molar-refractivity contribution in [2.24, 2.45) is 20.5 Å². The number of hydrogen-bond acceptors (Lipinski definition) is 9. The number of ether oxygens (including phenoxy) is 1. The maximum absolute atomic E-state index is 11.7. The van der Waals surface area contributed by atoms with E-state index in [2.05, 4.69) is 25.8 Å². The van der Waals surface area contributed by atoms with Crippen molar-refractivity contribution >= 4 is 74.0 Å². The molecule has 0 aromatic heterocycles. The van der Waals surface area contributed by atoms with E-state index in [4.69, 9.17) is 4.74 Å². The van der Waals surface area contributed by atoms with Gasteiger partial charge in [-0.2, -0.15) is 23.8 Å². The topological polar surface area (TPSA) is 162 Å². The summed E-state index contributed by atoms with van der Waals surface area (Å²) in [5.41, 5.74) is 1.84. The molecular formula is C24H25N5NaO6S. The second-order valence-electron chi connectivity index (χ2n) is 7.62. The van der Waals surface area contributed by atoms with Crippen molar-refractivity contribution < 1.29 is 27.6 Å². The van der Waals surface area contributed by atoms with E-state index in [-0.39, 0.29) is 52.7 Å². The van der Waals surface area contributed by atoms with Gasteiger partial charge in [-0.25, -0.2) is 0 Å². The first-order valence-electron chi connectivity index (χ1n) is 10.9. The van der Waals surface area contributed by atoms with Crippen LogP contribution in [0.1, 0.15) is 20.3 Å². The predicted octanol–water partition coefficient (Wildman–Crippen LogP) is 5.49. The summed E-state index contributed by atoms with van der Waals surface area (Å²) in [4.78, 5) is 11.4. The number of carbonyl (C=O) groups is 1. The number of nitrogens with one attached hydrogen (secondary N) is 1. The SMILES string of the molecule is CCC(O)COc1ccc(N=Nc2ccc(N=Nc3cccc(S(=O)(=O)O)c3)c(NC(C)=O)c2)cc1.[Na]. The summed E-state index contributed by atoms with van der Waals surface area (Å²) in [5, 5.41) is 28.7. The molecular weight excluding hydrogens is 509 g/mol. The molecule has 189 valence electrons. The van der Waals surface area contributed by atoms with E-state index >= 15 is 0 Å². The van der Waals surface area contributed by atoms with E-state index < -0.39 is 16.2 Å². The average molecular weight is 535 g/mol. The van der Waals surface area contributed by atoms with Gasteiger partial charge in [-0.3, -0.25) is 9.35 Å². The van der Waals surface area contributed by atoms with Gasteiger partial charge in [0, 0.05) is 36.5 Å². The third kappa shape index (κ3) is 9.76. The summed E-state index contributed by atoms with van der Waals surface area (Å²) >= 11 is 0. The summed E-state index contributed by atoms with van der Waals surface area (Å²) < 4.78 is 37.3. The second-order valence-corrected chi connectivity index (χ2v) is 9.04. The minimum atomic E-state index is -4.38. The van der Waals surface area contributed by atoms with Gasteiger partial charge in [0.2, 0.25) is 5.91 Å². The summed E-state index contributed by atoms with van der Waals surface area (Å²) in [5.74, 6) is 0.268. The molecule has 0 aliphatic rings. The zero-order chi connectivity index (χ0) is 26.1. The van der Waals surface area contributed by atoms with E-state index in [1.807, 2.05) is 6.92 Å². The number of amides is 1. The molecule has 1 radical (unpaired) electrons. The average Bonchev–Trinajstić information content (AvgIpc) is 2.85. The first kappa shape index (κ1) is 30.2. The predicted molar refractivity (Wildman–Crippen MR) is 139 cm³/mol. The molecule has 0 aliphatic heterocycles. The Morgan fingerprint density at radius 3 is 2.22 bits per heavy atom. The minimum Gasteiger partial charge on any atom is -0.491 e. The van der Waals surface area contributed by atoms with Gasteiger partial charge in [0.15, 0.2) is 0 Å². The van der Waals surface area contributed by atoms with Crippen LogP contribution in [0.4, 0.5) is 28.4 Å². The molecule has 3 rings (SSSR count). The monoisotopic (exact) mass is 534 g/mol. The maximum atomic E-state index is 11.7. The summed E-state index contributed by atoms with van der Waals surface area (Å²) in [6.45, 7) is 3.42. The third-order valence-corrected chi connectivity index (χ3v) is 5.56. The van der Waals surface area contributed by atoms with Crippen molar-refractivity contribution in [3.63, 3.8) is 0 Å². The number of rotatable bonds is 10. The Hall–Kier alpha value is -3.00.